The molecule has 2 aromatic carbocycles. The fraction of sp³-hybridized carbons (Fsp3) is 0.483. The number of piperazine rings is 1. The molecule has 0 spiro atoms. The molecule has 3 heterocycles. The molecule has 6 nitrogen and oxygen atoms in total. The van der Waals surface area contributed by atoms with Crippen molar-refractivity contribution in [3.05, 3.63) is 70.9 Å². The summed E-state index contributed by atoms with van der Waals surface area (Å²) in [4.78, 5) is 9.57. The first-order valence-electron chi connectivity index (χ1n) is 13.1. The molecule has 35 heavy (non-hydrogen) atoms. The van der Waals surface area contributed by atoms with Gasteiger partial charge in [-0.1, -0.05) is 44.2 Å². The van der Waals surface area contributed by atoms with Gasteiger partial charge in [0.05, 0.1) is 0 Å². The van der Waals surface area contributed by atoms with Crippen molar-refractivity contribution in [1.29, 1.82) is 0 Å². The van der Waals surface area contributed by atoms with Gasteiger partial charge in [-0.05, 0) is 54.0 Å². The first-order valence-corrected chi connectivity index (χ1v) is 13.1. The maximum Gasteiger partial charge on any atom is 0.152 e. The minimum absolute atomic E-state index is 0.576. The summed E-state index contributed by atoms with van der Waals surface area (Å²) >= 11 is 0. The standard InChI is InChI=1S/C29H38N4O2/c1-3-22-8-5-6-9-26(22)23(4-2)11-13-32-20-25-18-24(19-31-14-16-33(34)17-15-31)27-10-7-12-30-28(27)29(25)35-21-32/h5-10,12,18,23,34H,3-4,11,13-17,19-21H2,1-2H3. The van der Waals surface area contributed by atoms with Gasteiger partial charge in [-0.2, -0.15) is 5.06 Å². The number of rotatable bonds is 8. The number of hydrogen-bond donors (Lipinski definition) is 1. The summed E-state index contributed by atoms with van der Waals surface area (Å²) in [6.07, 6.45) is 5.24. The summed E-state index contributed by atoms with van der Waals surface area (Å²) in [5.74, 6) is 1.52. The van der Waals surface area contributed by atoms with Gasteiger partial charge >= 0.3 is 0 Å². The summed E-state index contributed by atoms with van der Waals surface area (Å²) in [6, 6.07) is 15.4. The minimum atomic E-state index is 0.576. The molecular formula is C29H38N4O2. The zero-order chi connectivity index (χ0) is 24.2. The van der Waals surface area contributed by atoms with E-state index in [9.17, 15) is 5.21 Å². The topological polar surface area (TPSA) is 52.1 Å². The van der Waals surface area contributed by atoms with Gasteiger partial charge in [0.15, 0.2) is 5.75 Å². The Labute approximate surface area is 209 Å². The van der Waals surface area contributed by atoms with Crippen LogP contribution in [-0.2, 0) is 19.5 Å². The number of pyridine rings is 1. The number of hydrogen-bond acceptors (Lipinski definition) is 6. The minimum Gasteiger partial charge on any atom is -0.475 e. The number of hydroxylamine groups is 2. The molecule has 1 aromatic heterocycles. The molecule has 186 valence electrons. The molecule has 0 aliphatic carbocycles. The predicted molar refractivity (Wildman–Crippen MR) is 140 cm³/mol. The second-order valence-corrected chi connectivity index (χ2v) is 9.93. The van der Waals surface area contributed by atoms with E-state index < -0.39 is 0 Å². The highest BCUT2D eigenvalue weighted by Gasteiger charge is 2.24. The third-order valence-corrected chi connectivity index (χ3v) is 7.70. The van der Waals surface area contributed by atoms with Crippen LogP contribution in [0.2, 0.25) is 0 Å². The van der Waals surface area contributed by atoms with Crippen LogP contribution < -0.4 is 4.74 Å². The molecule has 0 saturated carbocycles. The van der Waals surface area contributed by atoms with Gasteiger partial charge in [0.1, 0.15) is 12.2 Å². The molecular weight excluding hydrogens is 436 g/mol. The van der Waals surface area contributed by atoms with E-state index in [1.807, 2.05) is 12.3 Å². The van der Waals surface area contributed by atoms with Crippen LogP contribution in [0.4, 0.5) is 0 Å². The molecule has 5 rings (SSSR count). The second-order valence-electron chi connectivity index (χ2n) is 9.93. The summed E-state index contributed by atoms with van der Waals surface area (Å²) < 4.78 is 6.34. The number of aryl methyl sites for hydroxylation is 1. The smallest absolute Gasteiger partial charge is 0.152 e. The Kier molecular flexibility index (Phi) is 7.63. The number of nitrogens with zero attached hydrogens (tertiary/aromatic N) is 4. The number of ether oxygens (including phenoxy) is 1. The molecule has 0 radical (unpaired) electrons. The van der Waals surface area contributed by atoms with E-state index in [-0.39, 0.29) is 0 Å². The fourth-order valence-corrected chi connectivity index (χ4v) is 5.66. The zero-order valence-corrected chi connectivity index (χ0v) is 21.1. The van der Waals surface area contributed by atoms with E-state index in [2.05, 4.69) is 60.0 Å². The Morgan fingerprint density at radius 3 is 2.63 bits per heavy atom. The summed E-state index contributed by atoms with van der Waals surface area (Å²) in [6.45, 7) is 11.1. The van der Waals surface area contributed by atoms with Crippen LogP contribution in [0, 0.1) is 0 Å². The third kappa shape index (κ3) is 5.36. The third-order valence-electron chi connectivity index (χ3n) is 7.70. The van der Waals surface area contributed by atoms with Crippen LogP contribution in [0.25, 0.3) is 10.9 Å². The molecule has 2 aliphatic rings. The monoisotopic (exact) mass is 474 g/mol. The van der Waals surface area contributed by atoms with Crippen molar-refractivity contribution in [3.63, 3.8) is 0 Å². The molecule has 6 heteroatoms. The molecule has 3 aromatic rings. The largest absolute Gasteiger partial charge is 0.475 e. The van der Waals surface area contributed by atoms with Crippen LogP contribution in [-0.4, -0.2) is 64.5 Å². The van der Waals surface area contributed by atoms with Gasteiger partial charge in [-0.3, -0.25) is 14.8 Å². The van der Waals surface area contributed by atoms with Crippen molar-refractivity contribution in [2.45, 2.75) is 52.1 Å². The number of aromatic nitrogens is 1. The molecule has 1 saturated heterocycles. The van der Waals surface area contributed by atoms with Gasteiger partial charge in [0.2, 0.25) is 0 Å². The van der Waals surface area contributed by atoms with Gasteiger partial charge in [-0.25, -0.2) is 0 Å². The Bertz CT molecular complexity index is 1140. The van der Waals surface area contributed by atoms with Crippen molar-refractivity contribution in [3.8, 4) is 5.75 Å². The highest BCUT2D eigenvalue weighted by Crippen LogP contribution is 2.36. The average Bonchev–Trinajstić information content (AvgIpc) is 2.90. The van der Waals surface area contributed by atoms with E-state index in [1.165, 1.54) is 32.7 Å². The summed E-state index contributed by atoms with van der Waals surface area (Å²) in [5.41, 5.74) is 6.50. The van der Waals surface area contributed by atoms with Crippen molar-refractivity contribution in [2.75, 3.05) is 39.5 Å². The quantitative estimate of drug-likeness (QED) is 0.494. The van der Waals surface area contributed by atoms with Gasteiger partial charge in [0.25, 0.3) is 0 Å². The van der Waals surface area contributed by atoms with Gasteiger partial charge in [0, 0.05) is 63.0 Å². The lowest BCUT2D eigenvalue weighted by Crippen LogP contribution is -2.44. The second kappa shape index (κ2) is 11.0. The van der Waals surface area contributed by atoms with Crippen molar-refractivity contribution in [1.82, 2.24) is 19.8 Å². The molecule has 0 bridgehead atoms. The Morgan fingerprint density at radius 2 is 1.83 bits per heavy atom. The Hall–Kier alpha value is -2.51. The maximum absolute atomic E-state index is 9.74. The van der Waals surface area contributed by atoms with E-state index in [0.717, 1.165) is 63.3 Å². The molecule has 1 N–H and O–H groups in total. The van der Waals surface area contributed by atoms with Gasteiger partial charge < -0.3 is 9.94 Å². The predicted octanol–water partition coefficient (Wildman–Crippen LogP) is 5.04. The van der Waals surface area contributed by atoms with Crippen LogP contribution in [0.3, 0.4) is 0 Å². The lowest BCUT2D eigenvalue weighted by Gasteiger charge is -2.33. The SMILES string of the molecule is CCc1ccccc1C(CC)CCN1COc2c(cc(CN3CCN(O)CC3)c3cccnc23)C1. The van der Waals surface area contributed by atoms with E-state index >= 15 is 0 Å². The lowest BCUT2D eigenvalue weighted by molar-refractivity contribution is -0.118. The molecule has 0 amide bonds. The first-order chi connectivity index (χ1) is 17.2. The Balaban J connectivity index is 1.33. The number of fused-ring (bicyclic) bond motifs is 3. The average molecular weight is 475 g/mol. The first kappa shape index (κ1) is 24.2. The van der Waals surface area contributed by atoms with Crippen LogP contribution in [0.5, 0.6) is 5.75 Å². The van der Waals surface area contributed by atoms with Crippen molar-refractivity contribution in [2.24, 2.45) is 0 Å². The maximum atomic E-state index is 9.74. The summed E-state index contributed by atoms with van der Waals surface area (Å²) in [7, 11) is 0. The van der Waals surface area contributed by atoms with E-state index in [1.54, 1.807) is 0 Å². The van der Waals surface area contributed by atoms with Crippen LogP contribution in [0.15, 0.2) is 48.7 Å². The highest BCUT2D eigenvalue weighted by molar-refractivity contribution is 5.89. The zero-order valence-electron chi connectivity index (χ0n) is 21.1. The molecule has 1 fully saturated rings. The Morgan fingerprint density at radius 1 is 1.00 bits per heavy atom. The highest BCUT2D eigenvalue weighted by atomic mass is 16.5. The summed E-state index contributed by atoms with van der Waals surface area (Å²) in [5, 5.41) is 12.3. The molecule has 1 atom stereocenters. The number of benzene rings is 2. The van der Waals surface area contributed by atoms with Crippen LogP contribution in [0.1, 0.15) is 54.9 Å². The lowest BCUT2D eigenvalue weighted by atomic mass is 9.88. The fourth-order valence-electron chi connectivity index (χ4n) is 5.66. The van der Waals surface area contributed by atoms with E-state index in [0.29, 0.717) is 25.7 Å². The molecule has 1 unspecified atom stereocenters. The van der Waals surface area contributed by atoms with Crippen molar-refractivity contribution >= 4 is 10.9 Å². The van der Waals surface area contributed by atoms with Gasteiger partial charge in [-0.15, -0.1) is 0 Å². The normalized spacial score (nSPS) is 18.4. The van der Waals surface area contributed by atoms with Crippen LogP contribution >= 0.6 is 0 Å². The van der Waals surface area contributed by atoms with E-state index in [4.69, 9.17) is 9.72 Å². The molecule has 2 aliphatic heterocycles. The van der Waals surface area contributed by atoms with Crippen molar-refractivity contribution < 1.29 is 9.94 Å².